The summed E-state index contributed by atoms with van der Waals surface area (Å²) >= 11 is 0. The first-order valence-corrected chi connectivity index (χ1v) is 9.64. The predicted octanol–water partition coefficient (Wildman–Crippen LogP) is 4.27. The van der Waals surface area contributed by atoms with Crippen molar-refractivity contribution in [2.45, 2.75) is 6.92 Å². The molecule has 2 amide bonds. The van der Waals surface area contributed by atoms with Gasteiger partial charge in [-0.2, -0.15) is 5.26 Å². The number of aryl methyl sites for hydroxylation is 1. The number of imide groups is 1. The summed E-state index contributed by atoms with van der Waals surface area (Å²) in [5, 5.41) is 12.2. The lowest BCUT2D eigenvalue weighted by molar-refractivity contribution is -0.120. The summed E-state index contributed by atoms with van der Waals surface area (Å²) in [5.74, 6) is -0.352. The summed E-state index contributed by atoms with van der Waals surface area (Å²) in [7, 11) is 1.55. The van der Waals surface area contributed by atoms with E-state index in [9.17, 15) is 9.59 Å². The molecule has 31 heavy (non-hydrogen) atoms. The van der Waals surface area contributed by atoms with Gasteiger partial charge in [0.1, 0.15) is 11.4 Å². The highest BCUT2D eigenvalue weighted by Gasteiger charge is 2.40. The number of carbonyl (C=O) groups excluding carboxylic acids is 2. The highest BCUT2D eigenvalue weighted by atomic mass is 16.5. The summed E-state index contributed by atoms with van der Waals surface area (Å²) in [5.41, 5.74) is 3.49. The highest BCUT2D eigenvalue weighted by molar-refractivity contribution is 6.46. The summed E-state index contributed by atoms with van der Waals surface area (Å²) in [6, 6.07) is 23.0. The molecule has 0 saturated carbocycles. The molecule has 0 spiro atoms. The Labute approximate surface area is 180 Å². The maximum absolute atomic E-state index is 13.4. The number of carbonyl (C=O) groups is 2. The first kappa shape index (κ1) is 19.9. The topological polar surface area (TPSA) is 82.4 Å². The van der Waals surface area contributed by atoms with Crippen LogP contribution in [0.4, 0.5) is 11.4 Å². The van der Waals surface area contributed by atoms with E-state index >= 15 is 0 Å². The molecular formula is C25H19N3O3. The van der Waals surface area contributed by atoms with Gasteiger partial charge in [0.15, 0.2) is 0 Å². The van der Waals surface area contributed by atoms with Crippen LogP contribution in [0.3, 0.4) is 0 Å². The lowest BCUT2D eigenvalue weighted by atomic mass is 10.0. The molecule has 0 saturated heterocycles. The van der Waals surface area contributed by atoms with E-state index in [0.717, 1.165) is 10.5 Å². The van der Waals surface area contributed by atoms with Crippen molar-refractivity contribution >= 4 is 28.8 Å². The standard InChI is InChI=1S/C25H19N3O3/c1-16-8-13-21(31-2)20(14-16)27-23-22(18-6-4-3-5-7-18)24(29)28(25(23)30)19-11-9-17(15-26)10-12-19/h3-14,27H,1-2H3. The van der Waals surface area contributed by atoms with Crippen LogP contribution in [0.25, 0.3) is 5.57 Å². The van der Waals surface area contributed by atoms with Gasteiger partial charge in [0.05, 0.1) is 35.7 Å². The molecule has 4 rings (SSSR count). The van der Waals surface area contributed by atoms with E-state index in [-0.39, 0.29) is 11.3 Å². The number of amides is 2. The van der Waals surface area contributed by atoms with Crippen LogP contribution in [0.15, 0.2) is 78.5 Å². The number of hydrogen-bond donors (Lipinski definition) is 1. The zero-order chi connectivity index (χ0) is 22.0. The van der Waals surface area contributed by atoms with Crippen LogP contribution in [0.1, 0.15) is 16.7 Å². The van der Waals surface area contributed by atoms with E-state index in [4.69, 9.17) is 10.00 Å². The van der Waals surface area contributed by atoms with Crippen molar-refractivity contribution in [1.29, 1.82) is 5.26 Å². The van der Waals surface area contributed by atoms with Crippen molar-refractivity contribution in [2.24, 2.45) is 0 Å². The fourth-order valence-electron chi connectivity index (χ4n) is 3.49. The SMILES string of the molecule is COc1ccc(C)cc1NC1=C(c2ccccc2)C(=O)N(c2ccc(C#N)cc2)C1=O. The number of rotatable bonds is 5. The number of benzene rings is 3. The normalized spacial score (nSPS) is 13.4. The van der Waals surface area contributed by atoms with Gasteiger partial charge < -0.3 is 10.1 Å². The van der Waals surface area contributed by atoms with Crippen molar-refractivity contribution in [1.82, 2.24) is 0 Å². The number of nitrogens with one attached hydrogen (secondary N) is 1. The Hall–Kier alpha value is -4.37. The number of nitrogens with zero attached hydrogens (tertiary/aromatic N) is 2. The molecule has 1 aliphatic rings. The van der Waals surface area contributed by atoms with E-state index in [0.29, 0.717) is 28.3 Å². The largest absolute Gasteiger partial charge is 0.495 e. The molecule has 0 fully saturated rings. The molecule has 6 nitrogen and oxygen atoms in total. The molecule has 3 aromatic rings. The average Bonchev–Trinajstić information content (AvgIpc) is 3.04. The molecule has 0 aliphatic carbocycles. The fourth-order valence-corrected chi connectivity index (χ4v) is 3.49. The molecule has 0 unspecified atom stereocenters. The lowest BCUT2D eigenvalue weighted by Crippen LogP contribution is -2.32. The summed E-state index contributed by atoms with van der Waals surface area (Å²) in [4.78, 5) is 27.9. The third kappa shape index (κ3) is 3.65. The molecule has 3 aromatic carbocycles. The molecule has 0 bridgehead atoms. The minimum Gasteiger partial charge on any atom is -0.495 e. The van der Waals surface area contributed by atoms with Crippen LogP contribution in [0.2, 0.25) is 0 Å². The van der Waals surface area contributed by atoms with Crippen LogP contribution < -0.4 is 15.0 Å². The number of anilines is 2. The third-order valence-corrected chi connectivity index (χ3v) is 5.02. The second kappa shape index (κ2) is 8.17. The Morgan fingerprint density at radius 1 is 0.935 bits per heavy atom. The molecular weight excluding hydrogens is 390 g/mol. The summed E-state index contributed by atoms with van der Waals surface area (Å²) in [6.45, 7) is 1.93. The first-order chi connectivity index (χ1) is 15.0. The molecule has 6 heteroatoms. The highest BCUT2D eigenvalue weighted by Crippen LogP contribution is 2.36. The Balaban J connectivity index is 1.83. The Bertz CT molecular complexity index is 1240. The zero-order valence-electron chi connectivity index (χ0n) is 17.0. The van der Waals surface area contributed by atoms with E-state index in [1.54, 1.807) is 49.6 Å². The Morgan fingerprint density at radius 2 is 1.65 bits per heavy atom. The number of methoxy groups -OCH3 is 1. The molecule has 1 heterocycles. The van der Waals surface area contributed by atoms with Crippen molar-refractivity contribution in [2.75, 3.05) is 17.3 Å². The van der Waals surface area contributed by atoms with Gasteiger partial charge in [0, 0.05) is 0 Å². The zero-order valence-corrected chi connectivity index (χ0v) is 17.0. The third-order valence-electron chi connectivity index (χ3n) is 5.02. The van der Waals surface area contributed by atoms with Crippen LogP contribution >= 0.6 is 0 Å². The quantitative estimate of drug-likeness (QED) is 0.637. The summed E-state index contributed by atoms with van der Waals surface area (Å²) in [6.07, 6.45) is 0. The van der Waals surface area contributed by atoms with Crippen LogP contribution in [-0.2, 0) is 9.59 Å². The van der Waals surface area contributed by atoms with E-state index in [1.165, 1.54) is 0 Å². The maximum atomic E-state index is 13.4. The predicted molar refractivity (Wildman–Crippen MR) is 118 cm³/mol. The van der Waals surface area contributed by atoms with Crippen molar-refractivity contribution < 1.29 is 14.3 Å². The molecule has 0 radical (unpaired) electrons. The molecule has 1 N–H and O–H groups in total. The smallest absolute Gasteiger partial charge is 0.282 e. The van der Waals surface area contributed by atoms with E-state index in [2.05, 4.69) is 5.32 Å². The van der Waals surface area contributed by atoms with Gasteiger partial charge in [-0.15, -0.1) is 0 Å². The molecule has 152 valence electrons. The van der Waals surface area contributed by atoms with Crippen LogP contribution in [-0.4, -0.2) is 18.9 Å². The van der Waals surface area contributed by atoms with Crippen molar-refractivity contribution in [3.63, 3.8) is 0 Å². The second-order valence-corrected chi connectivity index (χ2v) is 7.05. The first-order valence-electron chi connectivity index (χ1n) is 9.64. The van der Waals surface area contributed by atoms with Gasteiger partial charge in [0.2, 0.25) is 0 Å². The molecule has 0 atom stereocenters. The monoisotopic (exact) mass is 409 g/mol. The van der Waals surface area contributed by atoms with Crippen LogP contribution in [0.5, 0.6) is 5.75 Å². The van der Waals surface area contributed by atoms with E-state index in [1.807, 2.05) is 43.3 Å². The van der Waals surface area contributed by atoms with Gasteiger partial charge in [-0.1, -0.05) is 36.4 Å². The van der Waals surface area contributed by atoms with Gasteiger partial charge in [-0.05, 0) is 54.4 Å². The average molecular weight is 409 g/mol. The van der Waals surface area contributed by atoms with E-state index < -0.39 is 11.8 Å². The van der Waals surface area contributed by atoms with Gasteiger partial charge in [0.25, 0.3) is 11.8 Å². The van der Waals surface area contributed by atoms with Gasteiger partial charge in [-0.3, -0.25) is 9.59 Å². The van der Waals surface area contributed by atoms with Crippen molar-refractivity contribution in [3.05, 3.63) is 95.2 Å². The number of ether oxygens (including phenoxy) is 1. The maximum Gasteiger partial charge on any atom is 0.282 e. The minimum atomic E-state index is -0.475. The number of hydrogen-bond acceptors (Lipinski definition) is 5. The molecule has 0 aromatic heterocycles. The van der Waals surface area contributed by atoms with Crippen LogP contribution in [0, 0.1) is 18.3 Å². The molecule has 1 aliphatic heterocycles. The van der Waals surface area contributed by atoms with Crippen molar-refractivity contribution in [3.8, 4) is 11.8 Å². The lowest BCUT2D eigenvalue weighted by Gasteiger charge is -2.16. The Kier molecular flexibility index (Phi) is 5.25. The van der Waals surface area contributed by atoms with Gasteiger partial charge in [-0.25, -0.2) is 4.90 Å². The Morgan fingerprint density at radius 3 is 2.29 bits per heavy atom. The second-order valence-electron chi connectivity index (χ2n) is 7.05. The van der Waals surface area contributed by atoms with Gasteiger partial charge >= 0.3 is 0 Å². The number of nitriles is 1. The minimum absolute atomic E-state index is 0.171. The fraction of sp³-hybridized carbons (Fsp3) is 0.0800. The summed E-state index contributed by atoms with van der Waals surface area (Å²) < 4.78 is 5.43.